The lowest BCUT2D eigenvalue weighted by Gasteiger charge is -2.16. The third kappa shape index (κ3) is 1.63. The van der Waals surface area contributed by atoms with Gasteiger partial charge in [-0.1, -0.05) is 12.2 Å². The number of rotatable bonds is 4. The first-order valence-electron chi connectivity index (χ1n) is 5.10. The summed E-state index contributed by atoms with van der Waals surface area (Å²) in [7, 11) is 1.36. The summed E-state index contributed by atoms with van der Waals surface area (Å²) in [6.07, 6.45) is 4.51. The normalized spacial score (nSPS) is 23.9. The van der Waals surface area contributed by atoms with Gasteiger partial charge in [-0.3, -0.25) is 9.59 Å². The van der Waals surface area contributed by atoms with E-state index < -0.39 is 10.9 Å². The molecular formula is C11H13NO4. The summed E-state index contributed by atoms with van der Waals surface area (Å²) in [6, 6.07) is -0.0191. The zero-order chi connectivity index (χ0) is 11.7. The number of aliphatic hydroxyl groups is 1. The molecule has 2 atom stereocenters. The second kappa shape index (κ2) is 4.09. The maximum absolute atomic E-state index is 11.2. The van der Waals surface area contributed by atoms with Crippen LogP contribution in [-0.2, 0) is 0 Å². The summed E-state index contributed by atoms with van der Waals surface area (Å²) in [5.74, 6) is 0.223. The summed E-state index contributed by atoms with van der Waals surface area (Å²) in [5.41, 5.74) is -0.857. The fourth-order valence-electron chi connectivity index (χ4n) is 1.90. The SMILES string of the molecule is COc1c(N[C@H]2C=C[C@@H](CO)C2)c(=O)c1=O. The van der Waals surface area contributed by atoms with Gasteiger partial charge in [-0.05, 0) is 6.42 Å². The van der Waals surface area contributed by atoms with Gasteiger partial charge in [0.15, 0.2) is 5.75 Å². The van der Waals surface area contributed by atoms with E-state index in [1.807, 2.05) is 12.2 Å². The molecule has 16 heavy (non-hydrogen) atoms. The van der Waals surface area contributed by atoms with Crippen LogP contribution in [0.3, 0.4) is 0 Å². The molecule has 0 aliphatic heterocycles. The first kappa shape index (κ1) is 10.9. The molecule has 0 saturated carbocycles. The van der Waals surface area contributed by atoms with E-state index >= 15 is 0 Å². The van der Waals surface area contributed by atoms with Gasteiger partial charge in [-0.15, -0.1) is 0 Å². The van der Waals surface area contributed by atoms with Crippen molar-refractivity contribution < 1.29 is 9.84 Å². The molecule has 0 radical (unpaired) electrons. The zero-order valence-electron chi connectivity index (χ0n) is 8.90. The van der Waals surface area contributed by atoms with Crippen molar-refractivity contribution in [1.82, 2.24) is 0 Å². The number of anilines is 1. The Bertz CT molecular complexity index is 484. The van der Waals surface area contributed by atoms with E-state index in [1.54, 1.807) is 0 Å². The summed E-state index contributed by atoms with van der Waals surface area (Å²) >= 11 is 0. The van der Waals surface area contributed by atoms with E-state index in [2.05, 4.69) is 5.32 Å². The van der Waals surface area contributed by atoms with E-state index in [1.165, 1.54) is 7.11 Å². The van der Waals surface area contributed by atoms with Gasteiger partial charge in [-0.25, -0.2) is 0 Å². The molecule has 0 bridgehead atoms. The van der Waals surface area contributed by atoms with Crippen LogP contribution < -0.4 is 20.9 Å². The van der Waals surface area contributed by atoms with E-state index in [-0.39, 0.29) is 30.0 Å². The Morgan fingerprint density at radius 3 is 2.75 bits per heavy atom. The molecule has 0 saturated heterocycles. The Morgan fingerprint density at radius 2 is 2.19 bits per heavy atom. The van der Waals surface area contributed by atoms with Crippen LogP contribution in [0.1, 0.15) is 6.42 Å². The quantitative estimate of drug-likeness (QED) is 0.538. The Hall–Kier alpha value is -1.62. The molecule has 1 aliphatic rings. The molecule has 0 amide bonds. The molecule has 1 aliphatic carbocycles. The van der Waals surface area contributed by atoms with Gasteiger partial charge >= 0.3 is 0 Å². The monoisotopic (exact) mass is 223 g/mol. The smallest absolute Gasteiger partial charge is 0.271 e. The van der Waals surface area contributed by atoms with E-state index in [9.17, 15) is 9.59 Å². The minimum atomic E-state index is -0.578. The minimum absolute atomic E-state index is 0.0191. The van der Waals surface area contributed by atoms with Crippen LogP contribution in [0.2, 0.25) is 0 Å². The standard InChI is InChI=1S/C11H13NO4/c1-16-11-8(9(14)10(11)15)12-7-3-2-6(4-7)5-13/h2-3,6-7,12-13H,4-5H2,1H3/t6-,7+/m1/s1. The molecule has 2 N–H and O–H groups in total. The van der Waals surface area contributed by atoms with Crippen LogP contribution in [0.5, 0.6) is 5.75 Å². The molecule has 5 nitrogen and oxygen atoms in total. The highest BCUT2D eigenvalue weighted by molar-refractivity contribution is 5.62. The Labute approximate surface area is 92.1 Å². The van der Waals surface area contributed by atoms with Gasteiger partial charge in [0.2, 0.25) is 0 Å². The third-order valence-electron chi connectivity index (χ3n) is 2.81. The molecule has 86 valence electrons. The lowest BCUT2D eigenvalue weighted by Crippen LogP contribution is -2.37. The van der Waals surface area contributed by atoms with E-state index in [0.29, 0.717) is 0 Å². The molecule has 0 aromatic heterocycles. The molecule has 5 heteroatoms. The fraction of sp³-hybridized carbons (Fsp3) is 0.455. The first-order chi connectivity index (χ1) is 7.67. The number of hydrogen-bond acceptors (Lipinski definition) is 5. The Kier molecular flexibility index (Phi) is 2.78. The maximum atomic E-state index is 11.2. The number of nitrogens with one attached hydrogen (secondary N) is 1. The largest absolute Gasteiger partial charge is 0.491 e. The van der Waals surface area contributed by atoms with E-state index in [0.717, 1.165) is 6.42 Å². The highest BCUT2D eigenvalue weighted by atomic mass is 16.5. The number of ether oxygens (including phenoxy) is 1. The number of aliphatic hydroxyl groups excluding tert-OH is 1. The van der Waals surface area contributed by atoms with Gasteiger partial charge in [0, 0.05) is 18.6 Å². The van der Waals surface area contributed by atoms with Crippen molar-refractivity contribution in [3.05, 3.63) is 32.6 Å². The van der Waals surface area contributed by atoms with Crippen LogP contribution >= 0.6 is 0 Å². The topological polar surface area (TPSA) is 75.6 Å². The van der Waals surface area contributed by atoms with Gasteiger partial charge in [0.05, 0.1) is 7.11 Å². The molecule has 0 fully saturated rings. The zero-order valence-corrected chi connectivity index (χ0v) is 8.90. The van der Waals surface area contributed by atoms with Crippen LogP contribution in [-0.4, -0.2) is 24.9 Å². The van der Waals surface area contributed by atoms with Crippen molar-refractivity contribution in [2.75, 3.05) is 19.0 Å². The van der Waals surface area contributed by atoms with Gasteiger partial charge < -0.3 is 15.2 Å². The lowest BCUT2D eigenvalue weighted by atomic mass is 10.1. The summed E-state index contributed by atoms with van der Waals surface area (Å²) in [5, 5.41) is 11.9. The molecule has 1 aromatic carbocycles. The Morgan fingerprint density at radius 1 is 1.44 bits per heavy atom. The predicted molar refractivity (Wildman–Crippen MR) is 59.6 cm³/mol. The molecular weight excluding hydrogens is 210 g/mol. The minimum Gasteiger partial charge on any atom is -0.491 e. The number of hydrogen-bond donors (Lipinski definition) is 2. The summed E-state index contributed by atoms with van der Waals surface area (Å²) < 4.78 is 4.82. The predicted octanol–water partition coefficient (Wildman–Crippen LogP) is -0.360. The molecule has 1 aromatic rings. The number of methoxy groups -OCH3 is 1. The lowest BCUT2D eigenvalue weighted by molar-refractivity contribution is 0.250. The van der Waals surface area contributed by atoms with Crippen molar-refractivity contribution in [3.8, 4) is 5.75 Å². The van der Waals surface area contributed by atoms with Crippen molar-refractivity contribution in [3.63, 3.8) is 0 Å². The van der Waals surface area contributed by atoms with Crippen LogP contribution in [0.25, 0.3) is 0 Å². The van der Waals surface area contributed by atoms with Crippen molar-refractivity contribution in [2.24, 2.45) is 5.92 Å². The summed E-state index contributed by atoms with van der Waals surface area (Å²) in [4.78, 5) is 22.3. The van der Waals surface area contributed by atoms with Gasteiger partial charge in [0.25, 0.3) is 10.9 Å². The molecule has 2 rings (SSSR count). The molecule has 0 heterocycles. The average molecular weight is 223 g/mol. The fourth-order valence-corrected chi connectivity index (χ4v) is 1.90. The second-order valence-electron chi connectivity index (χ2n) is 3.88. The van der Waals surface area contributed by atoms with E-state index in [4.69, 9.17) is 9.84 Å². The van der Waals surface area contributed by atoms with Gasteiger partial charge in [0.1, 0.15) is 5.69 Å². The maximum Gasteiger partial charge on any atom is 0.271 e. The molecule has 0 spiro atoms. The van der Waals surface area contributed by atoms with Crippen LogP contribution in [0.15, 0.2) is 21.7 Å². The first-order valence-corrected chi connectivity index (χ1v) is 5.10. The van der Waals surface area contributed by atoms with Crippen molar-refractivity contribution in [1.29, 1.82) is 0 Å². The van der Waals surface area contributed by atoms with Crippen LogP contribution in [0, 0.1) is 5.92 Å². The van der Waals surface area contributed by atoms with Gasteiger partial charge in [-0.2, -0.15) is 0 Å². The Balaban J connectivity index is 2.06. The second-order valence-corrected chi connectivity index (χ2v) is 3.88. The van der Waals surface area contributed by atoms with Crippen LogP contribution in [0.4, 0.5) is 5.69 Å². The van der Waals surface area contributed by atoms with Crippen molar-refractivity contribution >= 4 is 5.69 Å². The van der Waals surface area contributed by atoms with Crippen molar-refractivity contribution in [2.45, 2.75) is 12.5 Å². The third-order valence-corrected chi connectivity index (χ3v) is 2.81. The summed E-state index contributed by atoms with van der Waals surface area (Å²) in [6.45, 7) is 0.0950. The highest BCUT2D eigenvalue weighted by Crippen LogP contribution is 2.24. The highest BCUT2D eigenvalue weighted by Gasteiger charge is 2.26. The molecule has 0 unspecified atom stereocenters. The average Bonchev–Trinajstić information content (AvgIpc) is 2.76.